The van der Waals surface area contributed by atoms with Crippen molar-refractivity contribution >= 4 is 24.8 Å². The molecule has 0 aliphatic carbocycles. The van der Waals surface area contributed by atoms with E-state index in [1.54, 1.807) is 0 Å². The summed E-state index contributed by atoms with van der Waals surface area (Å²) in [5.41, 5.74) is 0. The second kappa shape index (κ2) is 24.1. The summed E-state index contributed by atoms with van der Waals surface area (Å²) in [7, 11) is -10.1. The van der Waals surface area contributed by atoms with E-state index in [1.807, 2.05) is 0 Å². The molecule has 0 aromatic carbocycles. The summed E-state index contributed by atoms with van der Waals surface area (Å²) in [6, 6.07) is 0. The molecule has 0 saturated heterocycles. The summed E-state index contributed by atoms with van der Waals surface area (Å²) < 4.78 is 25.4. The predicted octanol–water partition coefficient (Wildman–Crippen LogP) is -4.91. The van der Waals surface area contributed by atoms with Gasteiger partial charge in [0.2, 0.25) is 0 Å². The Bertz CT molecular complexity index is 118. The molecule has 0 heterocycles. The van der Waals surface area contributed by atoms with Crippen LogP contribution in [0, 0.1) is 0 Å². The molecule has 0 spiro atoms. The molecule has 0 aromatic heterocycles. The Kier molecular flexibility index (Phi) is 50.9. The van der Waals surface area contributed by atoms with Gasteiger partial charge in [-0.05, 0) is 0 Å². The molecule has 0 aliphatic rings. The molecule has 0 fully saturated rings. The first-order valence-electron chi connectivity index (χ1n) is 1.64. The Morgan fingerprint density at radius 2 is 0.571 bits per heavy atom. The van der Waals surface area contributed by atoms with Crippen molar-refractivity contribution in [2.24, 2.45) is 0 Å². The molecule has 0 amide bonds. The van der Waals surface area contributed by atoms with Crippen molar-refractivity contribution in [3.8, 4) is 0 Å². The molecule has 0 bridgehead atoms. The molecule has 14 heteroatoms. The first-order valence-corrected chi connectivity index (χ1v) is 4.93. The van der Waals surface area contributed by atoms with Gasteiger partial charge in [0, 0.05) is 0 Å². The molecule has 0 aliphatic heterocycles. The van der Waals surface area contributed by atoms with Crippen molar-refractivity contribution in [1.82, 2.24) is 0 Å². The molecule has 0 unspecified atom stereocenters. The fourth-order valence-corrected chi connectivity index (χ4v) is 0. The third-order valence-corrected chi connectivity index (χ3v) is 0. The minimum absolute atomic E-state index is 0. The maximum atomic E-state index is 8.48. The van der Waals surface area contributed by atoms with Crippen LogP contribution in [0.25, 0.3) is 0 Å². The maximum Gasteiger partial charge on any atom is 4.00 e. The molecule has 0 saturated carbocycles. The van der Waals surface area contributed by atoms with E-state index >= 15 is 0 Å². The van der Waals surface area contributed by atoms with Gasteiger partial charge in [-0.15, -0.1) is 0 Å². The van der Waals surface area contributed by atoms with Crippen LogP contribution in [0.2, 0.25) is 0 Å². The average Bonchev–Trinajstić information content (AvgIpc) is 1.54. The van der Waals surface area contributed by atoms with Gasteiger partial charge in [0.15, 0.2) is 0 Å². The van der Waals surface area contributed by atoms with Crippen molar-refractivity contribution in [2.45, 2.75) is 0 Å². The molecule has 0 aromatic rings. The van der Waals surface area contributed by atoms with Crippen LogP contribution in [-0.4, -0.2) is 0 Å². The van der Waals surface area contributed by atoms with E-state index in [0.29, 0.717) is 0 Å². The van der Waals surface area contributed by atoms with Crippen molar-refractivity contribution in [2.75, 3.05) is 0 Å². The third-order valence-electron chi connectivity index (χ3n) is 0. The van der Waals surface area contributed by atoms with Crippen LogP contribution in [-0.2, 0) is 61.0 Å². The van der Waals surface area contributed by atoms with Crippen molar-refractivity contribution in [3.05, 3.63) is 0 Å². The number of rotatable bonds is 0. The quantitative estimate of drug-likeness (QED) is 0.280. The summed E-state index contributed by atoms with van der Waals surface area (Å²) >= 11 is 0. The van der Waals surface area contributed by atoms with Crippen molar-refractivity contribution in [3.63, 3.8) is 0 Å². The van der Waals surface area contributed by atoms with Gasteiger partial charge in [-0.3, -0.25) is 0 Å². The van der Waals surface area contributed by atoms with E-state index < -0.39 is 24.8 Å². The normalized spacial score (nSPS) is 5.57. The summed E-state index contributed by atoms with van der Waals surface area (Å²) in [5, 5.41) is 0. The average molecular weight is 523 g/mol. The van der Waals surface area contributed by atoms with Crippen LogP contribution < -0.4 is 29.4 Å². The van der Waals surface area contributed by atoms with Crippen molar-refractivity contribution in [1.29, 1.82) is 0 Å². The Morgan fingerprint density at radius 1 is 0.571 bits per heavy atom. The smallest absolute Gasteiger partial charge is 0.598 e. The second-order valence-corrected chi connectivity index (χ2v) is 2.01. The van der Waals surface area contributed by atoms with Crippen LogP contribution in [0.1, 0.15) is 0 Å². The maximum absolute atomic E-state index is 8.48. The van der Waals surface area contributed by atoms with E-state index in [4.69, 9.17) is 43.1 Å². The summed E-state index contributed by atoms with van der Waals surface area (Å²) in [5.74, 6) is 0. The van der Waals surface area contributed by atoms with Crippen LogP contribution in [0.15, 0.2) is 0 Å². The van der Waals surface area contributed by atoms with Crippen molar-refractivity contribution < 1.29 is 90.3 Å². The topological polar surface area (TPSA) is 190 Å². The van der Waals surface area contributed by atoms with E-state index in [2.05, 4.69) is 0 Å². The monoisotopic (exact) mass is 522 g/mol. The van der Waals surface area contributed by atoms with Crippen LogP contribution in [0.3, 0.4) is 0 Å². The molecule has 0 rings (SSSR count). The Balaban J connectivity index is -0.0000000270. The SMILES string of the molecule is O=[P+]([O-])[O-].O=[P+]([O-])[O-].O=[P+]([O-])[O-].[Pt+2].[Zr+4]. The zero-order valence-corrected chi connectivity index (χ0v) is 13.2. The zero-order valence-electron chi connectivity index (χ0n) is 5.83. The first kappa shape index (κ1) is 29.6. The zero-order chi connectivity index (χ0) is 10.7. The number of hydrogen-bond donors (Lipinski definition) is 0. The molecule has 0 N–H and O–H groups in total. The summed E-state index contributed by atoms with van der Waals surface area (Å²) in [6.45, 7) is 0. The summed E-state index contributed by atoms with van der Waals surface area (Å²) in [6.07, 6.45) is 0. The largest absolute Gasteiger partial charge is 4.00 e. The van der Waals surface area contributed by atoms with Gasteiger partial charge in [0.05, 0.1) is 0 Å². The Labute approximate surface area is 114 Å². The fourth-order valence-electron chi connectivity index (χ4n) is 0. The van der Waals surface area contributed by atoms with Gasteiger partial charge in [-0.25, -0.2) is 0 Å². The van der Waals surface area contributed by atoms with E-state index in [1.165, 1.54) is 0 Å². The molecular formula is O9P3PtZr+3. The Morgan fingerprint density at radius 3 is 0.571 bits per heavy atom. The van der Waals surface area contributed by atoms with Gasteiger partial charge in [0.1, 0.15) is 0 Å². The minimum Gasteiger partial charge on any atom is -0.598 e. The van der Waals surface area contributed by atoms with Gasteiger partial charge in [0.25, 0.3) is 24.8 Å². The molecule has 0 atom stereocenters. The van der Waals surface area contributed by atoms with Gasteiger partial charge in [-0.1, -0.05) is 13.7 Å². The molecular weight excluding hydrogens is 523 g/mol. The molecule has 80 valence electrons. The van der Waals surface area contributed by atoms with Crippen LogP contribution >= 0.6 is 24.8 Å². The van der Waals surface area contributed by atoms with E-state index in [0.717, 1.165) is 0 Å². The molecule has 14 heavy (non-hydrogen) atoms. The third kappa shape index (κ3) is 817. The first-order chi connectivity index (χ1) is 5.20. The van der Waals surface area contributed by atoms with Gasteiger partial charge < -0.3 is 29.4 Å². The standard InChI is InChI=1S/3HO3P.Pt.Zr/c3*1-4(2)3;;/h3*(H,1,2,3);;/q;;;+2;+4/p-3. The van der Waals surface area contributed by atoms with E-state index in [-0.39, 0.29) is 47.3 Å². The predicted molar refractivity (Wildman–Crippen MR) is 22.8 cm³/mol. The molecule has 0 radical (unpaired) electrons. The van der Waals surface area contributed by atoms with Gasteiger partial charge >= 0.3 is 47.3 Å². The van der Waals surface area contributed by atoms with Crippen LogP contribution in [0.5, 0.6) is 0 Å². The van der Waals surface area contributed by atoms with Crippen LogP contribution in [0.4, 0.5) is 0 Å². The van der Waals surface area contributed by atoms with E-state index in [9.17, 15) is 0 Å². The Hall–Kier alpha value is 1.63. The van der Waals surface area contributed by atoms with Gasteiger partial charge in [-0.2, -0.15) is 0 Å². The fraction of sp³-hybridized carbons (Fsp3) is 0. The minimum atomic E-state index is -3.37. The second-order valence-electron chi connectivity index (χ2n) is 0.671. The number of hydrogen-bond acceptors (Lipinski definition) is 9. The summed E-state index contributed by atoms with van der Waals surface area (Å²) in [4.78, 5) is 50.9. The molecule has 9 nitrogen and oxygen atoms in total.